The third-order valence-corrected chi connectivity index (χ3v) is 9.45. The summed E-state index contributed by atoms with van der Waals surface area (Å²) in [6, 6.07) is 25.5. The van der Waals surface area contributed by atoms with Crippen molar-refractivity contribution in [1.29, 1.82) is 0 Å². The highest BCUT2D eigenvalue weighted by Crippen LogP contribution is 2.27. The minimum absolute atomic E-state index is 0.0166. The summed E-state index contributed by atoms with van der Waals surface area (Å²) in [5.74, 6) is -0.599. The Labute approximate surface area is 236 Å². The van der Waals surface area contributed by atoms with Crippen LogP contribution in [-0.2, 0) is 24.8 Å². The molecular formula is C28H26BrN3O5S2. The molecule has 39 heavy (non-hydrogen) atoms. The van der Waals surface area contributed by atoms with Crippen molar-refractivity contribution in [2.75, 3.05) is 20.9 Å². The Hall–Kier alpha value is -3.67. The number of nitrogens with zero attached hydrogens (tertiary/aromatic N) is 1. The van der Waals surface area contributed by atoms with Crippen LogP contribution in [0.15, 0.2) is 111 Å². The Kier molecular flexibility index (Phi) is 8.43. The maximum atomic E-state index is 13.4. The molecule has 8 nitrogen and oxygen atoms in total. The summed E-state index contributed by atoms with van der Waals surface area (Å²) in [6.07, 6.45) is 0. The van der Waals surface area contributed by atoms with Crippen LogP contribution in [0.2, 0.25) is 0 Å². The summed E-state index contributed by atoms with van der Waals surface area (Å²) in [6.45, 7) is 3.24. The summed E-state index contributed by atoms with van der Waals surface area (Å²) in [7, 11) is -7.91. The molecule has 0 spiro atoms. The molecule has 0 saturated heterocycles. The van der Waals surface area contributed by atoms with Crippen LogP contribution in [0.25, 0.3) is 0 Å². The zero-order chi connectivity index (χ0) is 28.2. The van der Waals surface area contributed by atoms with E-state index in [0.717, 1.165) is 15.4 Å². The van der Waals surface area contributed by atoms with Gasteiger partial charge in [-0.2, -0.15) is 0 Å². The first-order chi connectivity index (χ1) is 18.5. The highest BCUT2D eigenvalue weighted by Gasteiger charge is 2.27. The number of sulfonamides is 2. The first-order valence-electron chi connectivity index (χ1n) is 11.8. The van der Waals surface area contributed by atoms with Gasteiger partial charge in [-0.05, 0) is 80.1 Å². The van der Waals surface area contributed by atoms with Crippen LogP contribution in [0.5, 0.6) is 0 Å². The van der Waals surface area contributed by atoms with Gasteiger partial charge in [0.05, 0.1) is 21.2 Å². The molecule has 0 atom stereocenters. The lowest BCUT2D eigenvalue weighted by molar-refractivity contribution is -0.114. The molecule has 0 fully saturated rings. The molecule has 2 N–H and O–H groups in total. The van der Waals surface area contributed by atoms with Gasteiger partial charge in [0.15, 0.2) is 0 Å². The first-order valence-corrected chi connectivity index (χ1v) is 15.5. The Balaban J connectivity index is 1.52. The zero-order valence-electron chi connectivity index (χ0n) is 21.1. The second kappa shape index (κ2) is 11.6. The second-order valence-electron chi connectivity index (χ2n) is 8.80. The fourth-order valence-electron chi connectivity index (χ4n) is 3.85. The molecule has 4 aromatic carbocycles. The second-order valence-corrected chi connectivity index (χ2v) is 13.3. The van der Waals surface area contributed by atoms with Gasteiger partial charge in [0.1, 0.15) is 6.54 Å². The highest BCUT2D eigenvalue weighted by atomic mass is 79.9. The maximum Gasteiger partial charge on any atom is 0.264 e. The standard InChI is InChI=1S/C28H26BrN3O5S2/c1-20-11-16-27(21(2)17-20)31-38(34,35)25-14-12-23(13-15-25)30-28(33)19-32(24-8-6-7-22(29)18-24)39(36,37)26-9-4-3-5-10-26/h3-18,31H,19H2,1-2H3,(H,30,33). The third kappa shape index (κ3) is 6.86. The molecule has 4 rings (SSSR count). The maximum absolute atomic E-state index is 13.4. The molecule has 0 radical (unpaired) electrons. The predicted octanol–water partition coefficient (Wildman–Crippen LogP) is 5.70. The molecule has 0 bridgehead atoms. The van der Waals surface area contributed by atoms with E-state index in [4.69, 9.17) is 0 Å². The van der Waals surface area contributed by atoms with Gasteiger partial charge in [-0.1, -0.05) is 57.9 Å². The number of carbonyl (C=O) groups excluding carboxylic acids is 1. The van der Waals surface area contributed by atoms with Gasteiger partial charge in [-0.3, -0.25) is 13.8 Å². The van der Waals surface area contributed by atoms with Crippen LogP contribution in [0.1, 0.15) is 11.1 Å². The third-order valence-electron chi connectivity index (χ3n) is 5.79. The van der Waals surface area contributed by atoms with E-state index in [9.17, 15) is 21.6 Å². The minimum Gasteiger partial charge on any atom is -0.325 e. The highest BCUT2D eigenvalue weighted by molar-refractivity contribution is 9.10. The Morgan fingerprint density at radius 1 is 0.795 bits per heavy atom. The van der Waals surface area contributed by atoms with E-state index >= 15 is 0 Å². The number of hydrogen-bond acceptors (Lipinski definition) is 5. The van der Waals surface area contributed by atoms with Crippen molar-refractivity contribution in [3.8, 4) is 0 Å². The van der Waals surface area contributed by atoms with Crippen molar-refractivity contribution in [2.45, 2.75) is 23.6 Å². The molecule has 4 aromatic rings. The number of amides is 1. The van der Waals surface area contributed by atoms with E-state index in [1.54, 1.807) is 48.5 Å². The summed E-state index contributed by atoms with van der Waals surface area (Å²) < 4.78 is 56.9. The smallest absolute Gasteiger partial charge is 0.264 e. The summed E-state index contributed by atoms with van der Waals surface area (Å²) in [4.78, 5) is 13.0. The van der Waals surface area contributed by atoms with Gasteiger partial charge in [0.25, 0.3) is 20.0 Å². The average Bonchev–Trinajstić information content (AvgIpc) is 2.89. The van der Waals surface area contributed by atoms with Gasteiger partial charge in [-0.15, -0.1) is 0 Å². The van der Waals surface area contributed by atoms with E-state index < -0.39 is 32.5 Å². The fourth-order valence-corrected chi connectivity index (χ4v) is 6.80. The summed E-state index contributed by atoms with van der Waals surface area (Å²) in [5.41, 5.74) is 2.91. The molecule has 0 aromatic heterocycles. The van der Waals surface area contributed by atoms with E-state index in [1.807, 2.05) is 26.0 Å². The quantitative estimate of drug-likeness (QED) is 0.247. The van der Waals surface area contributed by atoms with Crippen LogP contribution >= 0.6 is 15.9 Å². The molecule has 202 valence electrons. The van der Waals surface area contributed by atoms with Crippen LogP contribution in [0.3, 0.4) is 0 Å². The van der Waals surface area contributed by atoms with Gasteiger partial charge in [-0.25, -0.2) is 16.8 Å². The van der Waals surface area contributed by atoms with E-state index in [-0.39, 0.29) is 9.79 Å². The zero-order valence-corrected chi connectivity index (χ0v) is 24.3. The molecule has 0 heterocycles. The predicted molar refractivity (Wildman–Crippen MR) is 157 cm³/mol. The number of hydrogen-bond donors (Lipinski definition) is 2. The SMILES string of the molecule is Cc1ccc(NS(=O)(=O)c2ccc(NC(=O)CN(c3cccc(Br)c3)S(=O)(=O)c3ccccc3)cc2)c(C)c1. The van der Waals surface area contributed by atoms with E-state index in [0.29, 0.717) is 21.5 Å². The summed E-state index contributed by atoms with van der Waals surface area (Å²) in [5, 5.41) is 2.65. The molecule has 0 saturated carbocycles. The van der Waals surface area contributed by atoms with Crippen LogP contribution in [0, 0.1) is 13.8 Å². The van der Waals surface area contributed by atoms with Gasteiger partial charge in [0, 0.05) is 10.2 Å². The number of nitrogens with one attached hydrogen (secondary N) is 2. The molecule has 0 unspecified atom stereocenters. The Bertz CT molecular complexity index is 1710. The lowest BCUT2D eigenvalue weighted by Gasteiger charge is -2.24. The minimum atomic E-state index is -4.06. The van der Waals surface area contributed by atoms with Gasteiger partial charge < -0.3 is 5.32 Å². The molecule has 0 aliphatic rings. The number of benzene rings is 4. The molecule has 0 aliphatic carbocycles. The molecule has 0 aliphatic heterocycles. The average molecular weight is 629 g/mol. The van der Waals surface area contributed by atoms with Crippen LogP contribution < -0.4 is 14.3 Å². The Morgan fingerprint density at radius 3 is 2.13 bits per heavy atom. The molecular weight excluding hydrogens is 602 g/mol. The number of anilines is 3. The topological polar surface area (TPSA) is 113 Å². The van der Waals surface area contributed by atoms with E-state index in [2.05, 4.69) is 26.0 Å². The van der Waals surface area contributed by atoms with E-state index in [1.165, 1.54) is 36.4 Å². The van der Waals surface area contributed by atoms with Crippen LogP contribution in [0.4, 0.5) is 17.1 Å². The molecule has 1 amide bonds. The van der Waals surface area contributed by atoms with Crippen molar-refractivity contribution in [2.24, 2.45) is 0 Å². The lowest BCUT2D eigenvalue weighted by Crippen LogP contribution is -2.38. The van der Waals surface area contributed by atoms with Crippen molar-refractivity contribution in [3.05, 3.63) is 113 Å². The lowest BCUT2D eigenvalue weighted by atomic mass is 10.1. The fraction of sp³-hybridized carbons (Fsp3) is 0.107. The number of halogens is 1. The monoisotopic (exact) mass is 627 g/mol. The summed E-state index contributed by atoms with van der Waals surface area (Å²) >= 11 is 3.35. The van der Waals surface area contributed by atoms with Crippen molar-refractivity contribution >= 4 is 58.9 Å². The van der Waals surface area contributed by atoms with Crippen molar-refractivity contribution in [3.63, 3.8) is 0 Å². The number of carbonyl (C=O) groups is 1. The normalized spacial score (nSPS) is 11.6. The Morgan fingerprint density at radius 2 is 1.49 bits per heavy atom. The largest absolute Gasteiger partial charge is 0.325 e. The number of rotatable bonds is 9. The van der Waals surface area contributed by atoms with Crippen molar-refractivity contribution < 1.29 is 21.6 Å². The van der Waals surface area contributed by atoms with Gasteiger partial charge in [0.2, 0.25) is 5.91 Å². The number of aryl methyl sites for hydroxylation is 2. The van der Waals surface area contributed by atoms with Crippen molar-refractivity contribution in [1.82, 2.24) is 0 Å². The van der Waals surface area contributed by atoms with Gasteiger partial charge >= 0.3 is 0 Å². The van der Waals surface area contributed by atoms with Crippen LogP contribution in [-0.4, -0.2) is 29.3 Å². The first kappa shape index (κ1) is 28.3. The molecule has 11 heteroatoms.